The van der Waals surface area contributed by atoms with Crippen molar-refractivity contribution in [1.29, 1.82) is 0 Å². The summed E-state index contributed by atoms with van der Waals surface area (Å²) in [6.07, 6.45) is 0.233. The molecule has 0 aliphatic rings. The molecule has 96 valence electrons. The van der Waals surface area contributed by atoms with Crippen molar-refractivity contribution in [3.8, 4) is 0 Å². The van der Waals surface area contributed by atoms with Crippen LogP contribution in [0.15, 0.2) is 0 Å². The van der Waals surface area contributed by atoms with Gasteiger partial charge in [-0.2, -0.15) is 0 Å². The van der Waals surface area contributed by atoms with Crippen LogP contribution < -0.4 is 0 Å². The van der Waals surface area contributed by atoms with E-state index in [-0.39, 0.29) is 12.2 Å². The maximum atomic E-state index is 11.4. The molecule has 0 fully saturated rings. The highest BCUT2D eigenvalue weighted by Crippen LogP contribution is 2.05. The van der Waals surface area contributed by atoms with Gasteiger partial charge in [0.05, 0.1) is 13.2 Å². The third-order valence-corrected chi connectivity index (χ3v) is 2.14. The summed E-state index contributed by atoms with van der Waals surface area (Å²) in [5, 5.41) is 0. The number of methoxy groups -OCH3 is 2. The number of carbonyl (C=O) groups excluding carboxylic acids is 1. The van der Waals surface area contributed by atoms with Gasteiger partial charge in [-0.15, -0.1) is 0 Å². The molecule has 0 rings (SSSR count). The first-order chi connectivity index (χ1) is 7.67. The van der Waals surface area contributed by atoms with E-state index >= 15 is 0 Å². The highest BCUT2D eigenvalue weighted by atomic mass is 16.7. The van der Waals surface area contributed by atoms with Crippen molar-refractivity contribution in [2.24, 2.45) is 0 Å². The number of rotatable bonds is 8. The Kier molecular flexibility index (Phi) is 8.94. The summed E-state index contributed by atoms with van der Waals surface area (Å²) in [6.45, 7) is 4.60. The molecule has 2 atom stereocenters. The lowest BCUT2D eigenvalue weighted by Gasteiger charge is -2.18. The second-order valence-corrected chi connectivity index (χ2v) is 3.46. The molecular weight excluding hydrogens is 212 g/mol. The van der Waals surface area contributed by atoms with Crippen LogP contribution in [0.3, 0.4) is 0 Å². The van der Waals surface area contributed by atoms with Crippen LogP contribution in [-0.4, -0.2) is 45.8 Å². The monoisotopic (exact) mass is 234 g/mol. The van der Waals surface area contributed by atoms with Gasteiger partial charge in [-0.1, -0.05) is 13.8 Å². The predicted molar refractivity (Wildman–Crippen MR) is 59.5 cm³/mol. The molecule has 0 aromatic heterocycles. The molecule has 0 aliphatic heterocycles. The standard InChI is InChI=1S/C11H22O5/c1-5-9(7-13-3)15-11(12)16-10(6-2)8-14-4/h9-10H,5-8H2,1-4H3. The van der Waals surface area contributed by atoms with E-state index in [1.807, 2.05) is 13.8 Å². The Labute approximate surface area is 97.0 Å². The maximum Gasteiger partial charge on any atom is 0.508 e. The summed E-state index contributed by atoms with van der Waals surface area (Å²) in [6, 6.07) is 0. The first-order valence-electron chi connectivity index (χ1n) is 5.52. The summed E-state index contributed by atoms with van der Waals surface area (Å²) >= 11 is 0. The molecule has 0 aliphatic carbocycles. The second kappa shape index (κ2) is 9.42. The molecule has 5 heteroatoms. The normalized spacial score (nSPS) is 14.2. The number of ether oxygens (including phenoxy) is 4. The second-order valence-electron chi connectivity index (χ2n) is 3.46. The van der Waals surface area contributed by atoms with Crippen LogP contribution in [0.25, 0.3) is 0 Å². The summed E-state index contributed by atoms with van der Waals surface area (Å²) in [5.74, 6) is 0. The number of hydrogen-bond acceptors (Lipinski definition) is 5. The molecule has 0 aromatic rings. The minimum Gasteiger partial charge on any atom is -0.429 e. The molecular formula is C11H22O5. The highest BCUT2D eigenvalue weighted by Gasteiger charge is 2.17. The fourth-order valence-corrected chi connectivity index (χ4v) is 1.14. The van der Waals surface area contributed by atoms with Crippen molar-refractivity contribution < 1.29 is 23.7 Å². The highest BCUT2D eigenvalue weighted by molar-refractivity contribution is 5.60. The van der Waals surface area contributed by atoms with Gasteiger partial charge in [0, 0.05) is 14.2 Å². The quantitative estimate of drug-likeness (QED) is 0.601. The van der Waals surface area contributed by atoms with Gasteiger partial charge in [0.15, 0.2) is 0 Å². The van der Waals surface area contributed by atoms with Gasteiger partial charge >= 0.3 is 6.16 Å². The molecule has 0 radical (unpaired) electrons. The van der Waals surface area contributed by atoms with Gasteiger partial charge < -0.3 is 18.9 Å². The van der Waals surface area contributed by atoms with E-state index < -0.39 is 6.16 Å². The van der Waals surface area contributed by atoms with E-state index in [0.29, 0.717) is 26.1 Å². The third-order valence-electron chi connectivity index (χ3n) is 2.14. The van der Waals surface area contributed by atoms with Crippen molar-refractivity contribution in [3.63, 3.8) is 0 Å². The Morgan fingerprint density at radius 1 is 0.938 bits per heavy atom. The van der Waals surface area contributed by atoms with Gasteiger partial charge in [0.1, 0.15) is 12.2 Å². The Morgan fingerprint density at radius 2 is 1.31 bits per heavy atom. The van der Waals surface area contributed by atoms with Gasteiger partial charge in [0.25, 0.3) is 0 Å². The molecule has 16 heavy (non-hydrogen) atoms. The lowest BCUT2D eigenvalue weighted by Crippen LogP contribution is -2.28. The Bertz CT molecular complexity index is 165. The minimum absolute atomic E-state index is 0.252. The smallest absolute Gasteiger partial charge is 0.429 e. The Morgan fingerprint density at radius 3 is 1.56 bits per heavy atom. The zero-order valence-electron chi connectivity index (χ0n) is 10.5. The lowest BCUT2D eigenvalue weighted by atomic mass is 10.3. The predicted octanol–water partition coefficient (Wildman–Crippen LogP) is 1.99. The van der Waals surface area contributed by atoms with Crippen molar-refractivity contribution in [1.82, 2.24) is 0 Å². The average molecular weight is 234 g/mol. The number of carbonyl (C=O) groups is 1. The van der Waals surface area contributed by atoms with E-state index in [0.717, 1.165) is 0 Å². The fraction of sp³-hybridized carbons (Fsp3) is 0.909. The summed E-state index contributed by atoms with van der Waals surface area (Å²) in [7, 11) is 3.13. The lowest BCUT2D eigenvalue weighted by molar-refractivity contribution is -0.0396. The van der Waals surface area contributed by atoms with Gasteiger partial charge in [-0.05, 0) is 12.8 Å². The van der Waals surface area contributed by atoms with Crippen LogP contribution in [0.2, 0.25) is 0 Å². The minimum atomic E-state index is -0.659. The van der Waals surface area contributed by atoms with Crippen molar-refractivity contribution >= 4 is 6.16 Å². The van der Waals surface area contributed by atoms with Crippen LogP contribution in [-0.2, 0) is 18.9 Å². The van der Waals surface area contributed by atoms with E-state index in [9.17, 15) is 4.79 Å². The topological polar surface area (TPSA) is 54.0 Å². The first kappa shape index (κ1) is 15.2. The molecule has 0 heterocycles. The molecule has 0 bridgehead atoms. The maximum absolute atomic E-state index is 11.4. The van der Waals surface area contributed by atoms with Crippen LogP contribution in [0.4, 0.5) is 4.79 Å². The van der Waals surface area contributed by atoms with Gasteiger partial charge in [-0.3, -0.25) is 0 Å². The molecule has 0 spiro atoms. The van der Waals surface area contributed by atoms with Crippen LogP contribution in [0.5, 0.6) is 0 Å². The molecule has 0 saturated carbocycles. The van der Waals surface area contributed by atoms with Crippen LogP contribution >= 0.6 is 0 Å². The largest absolute Gasteiger partial charge is 0.508 e. The molecule has 5 nitrogen and oxygen atoms in total. The van der Waals surface area contributed by atoms with Crippen LogP contribution in [0, 0.1) is 0 Å². The molecule has 0 amide bonds. The average Bonchev–Trinajstić information content (AvgIpc) is 2.27. The SMILES string of the molecule is CCC(COC)OC(=O)OC(CC)COC. The molecule has 2 unspecified atom stereocenters. The summed E-state index contributed by atoms with van der Waals surface area (Å²) in [4.78, 5) is 11.4. The third kappa shape index (κ3) is 6.63. The van der Waals surface area contributed by atoms with E-state index in [1.165, 1.54) is 0 Å². The van der Waals surface area contributed by atoms with Crippen molar-refractivity contribution in [3.05, 3.63) is 0 Å². The summed E-state index contributed by atoms with van der Waals surface area (Å²) in [5.41, 5.74) is 0. The fourth-order valence-electron chi connectivity index (χ4n) is 1.14. The van der Waals surface area contributed by atoms with E-state index in [1.54, 1.807) is 14.2 Å². The van der Waals surface area contributed by atoms with E-state index in [2.05, 4.69) is 0 Å². The van der Waals surface area contributed by atoms with Crippen molar-refractivity contribution in [2.75, 3.05) is 27.4 Å². The van der Waals surface area contributed by atoms with Gasteiger partial charge in [0.2, 0.25) is 0 Å². The Balaban J connectivity index is 3.93. The molecule has 0 N–H and O–H groups in total. The first-order valence-corrected chi connectivity index (χ1v) is 5.52. The molecule has 0 aromatic carbocycles. The zero-order chi connectivity index (χ0) is 12.4. The zero-order valence-corrected chi connectivity index (χ0v) is 10.5. The molecule has 0 saturated heterocycles. The van der Waals surface area contributed by atoms with Gasteiger partial charge in [-0.25, -0.2) is 4.79 Å². The van der Waals surface area contributed by atoms with Crippen LogP contribution in [0.1, 0.15) is 26.7 Å². The van der Waals surface area contributed by atoms with Crippen molar-refractivity contribution in [2.45, 2.75) is 38.9 Å². The Hall–Kier alpha value is -0.810. The number of hydrogen-bond donors (Lipinski definition) is 0. The van der Waals surface area contributed by atoms with E-state index in [4.69, 9.17) is 18.9 Å². The summed E-state index contributed by atoms with van der Waals surface area (Å²) < 4.78 is 20.0.